The molecule has 0 bridgehead atoms. The molecule has 1 fully saturated rings. The molecule has 45 heavy (non-hydrogen) atoms. The fraction of sp³-hybridized carbons (Fsp3) is 0.194. The predicted octanol–water partition coefficient (Wildman–Crippen LogP) is 7.22. The van der Waals surface area contributed by atoms with Crippen molar-refractivity contribution in [3.05, 3.63) is 119 Å². The zero-order valence-electron chi connectivity index (χ0n) is 24.7. The standard InChI is InChI=1S/C36H30N2O6S/c1-3-42-27-14-15-28-30(19-27)45-36(37-28)38-32(23-9-12-26(13-10-23)43-20-22-7-5-4-6-8-22)31(34(40)35(38)41)33(39)24-11-16-29-25(18-24)17-21(2)44-29/h4-16,18-19,21,32,39H,3,17,20H2,1-2H3/t21-,32+/m0/s1. The van der Waals surface area contributed by atoms with E-state index in [1.165, 1.54) is 16.2 Å². The highest BCUT2D eigenvalue weighted by atomic mass is 32.1. The maximum absolute atomic E-state index is 13.8. The van der Waals surface area contributed by atoms with Crippen LogP contribution >= 0.6 is 11.3 Å². The molecule has 2 aliphatic heterocycles. The lowest BCUT2D eigenvalue weighted by atomic mass is 9.94. The van der Waals surface area contributed by atoms with E-state index in [-0.39, 0.29) is 17.4 Å². The van der Waals surface area contributed by atoms with E-state index >= 15 is 0 Å². The molecule has 2 atom stereocenters. The first kappa shape index (κ1) is 28.6. The first-order valence-corrected chi connectivity index (χ1v) is 15.6. The summed E-state index contributed by atoms with van der Waals surface area (Å²) < 4.78 is 18.3. The number of amides is 1. The summed E-state index contributed by atoms with van der Waals surface area (Å²) >= 11 is 1.29. The third-order valence-corrected chi connectivity index (χ3v) is 8.94. The Labute approximate surface area is 264 Å². The maximum atomic E-state index is 13.8. The molecule has 3 heterocycles. The summed E-state index contributed by atoms with van der Waals surface area (Å²) in [7, 11) is 0. The Morgan fingerprint density at radius 1 is 0.978 bits per heavy atom. The lowest BCUT2D eigenvalue weighted by Gasteiger charge is -2.23. The number of hydrogen-bond acceptors (Lipinski definition) is 8. The smallest absolute Gasteiger partial charge is 0.301 e. The van der Waals surface area contributed by atoms with Crippen molar-refractivity contribution in [1.82, 2.24) is 4.98 Å². The Morgan fingerprint density at radius 3 is 2.53 bits per heavy atom. The van der Waals surface area contributed by atoms with Crippen molar-refractivity contribution in [3.8, 4) is 17.2 Å². The summed E-state index contributed by atoms with van der Waals surface area (Å²) in [4.78, 5) is 33.6. The molecule has 0 spiro atoms. The van der Waals surface area contributed by atoms with E-state index in [1.807, 2.05) is 80.6 Å². The SMILES string of the molecule is CCOc1ccc2nc(N3C(=O)C(=O)C(=C(O)c4ccc5c(c4)C[C@H](C)O5)[C@H]3c3ccc(OCc4ccccc4)cc3)sc2c1. The molecule has 2 aliphatic rings. The summed E-state index contributed by atoms with van der Waals surface area (Å²) in [5.74, 6) is 0.306. The molecule has 4 aromatic carbocycles. The zero-order chi connectivity index (χ0) is 31.1. The van der Waals surface area contributed by atoms with Crippen molar-refractivity contribution in [3.63, 3.8) is 0 Å². The number of aliphatic hydroxyl groups excluding tert-OH is 1. The van der Waals surface area contributed by atoms with E-state index in [2.05, 4.69) is 0 Å². The van der Waals surface area contributed by atoms with Gasteiger partial charge in [-0.25, -0.2) is 4.98 Å². The van der Waals surface area contributed by atoms with Crippen molar-refractivity contribution < 1.29 is 28.9 Å². The van der Waals surface area contributed by atoms with Crippen LogP contribution in [0.3, 0.4) is 0 Å². The van der Waals surface area contributed by atoms with Crippen LogP contribution < -0.4 is 19.1 Å². The fourth-order valence-corrected chi connectivity index (χ4v) is 6.83. The molecule has 0 aliphatic carbocycles. The number of aliphatic hydroxyl groups is 1. The minimum absolute atomic E-state index is 0.000806. The first-order chi connectivity index (χ1) is 21.9. The average Bonchev–Trinajstić information content (AvgIpc) is 3.72. The number of hydrogen-bond donors (Lipinski definition) is 1. The van der Waals surface area contributed by atoms with Gasteiger partial charge in [-0.3, -0.25) is 14.5 Å². The minimum Gasteiger partial charge on any atom is -0.507 e. The monoisotopic (exact) mass is 618 g/mol. The molecule has 5 aromatic rings. The van der Waals surface area contributed by atoms with Gasteiger partial charge >= 0.3 is 5.91 Å². The summed E-state index contributed by atoms with van der Waals surface area (Å²) in [5.41, 5.74) is 3.73. The summed E-state index contributed by atoms with van der Waals surface area (Å²) in [5, 5.41) is 12.0. The first-order valence-electron chi connectivity index (χ1n) is 14.8. The molecule has 1 saturated heterocycles. The molecule has 1 N–H and O–H groups in total. The van der Waals surface area contributed by atoms with Gasteiger partial charge in [0.1, 0.15) is 35.7 Å². The number of fused-ring (bicyclic) bond motifs is 2. The van der Waals surface area contributed by atoms with Gasteiger partial charge in [0.25, 0.3) is 5.78 Å². The van der Waals surface area contributed by atoms with Crippen LogP contribution in [-0.4, -0.2) is 34.5 Å². The van der Waals surface area contributed by atoms with Gasteiger partial charge in [0, 0.05) is 12.0 Å². The summed E-state index contributed by atoms with van der Waals surface area (Å²) in [6, 6.07) is 27.0. The Hall–Kier alpha value is -5.15. The van der Waals surface area contributed by atoms with Gasteiger partial charge in [-0.1, -0.05) is 53.8 Å². The molecule has 9 heteroatoms. The van der Waals surface area contributed by atoms with Gasteiger partial charge in [-0.05, 0) is 79.1 Å². The predicted molar refractivity (Wildman–Crippen MR) is 173 cm³/mol. The lowest BCUT2D eigenvalue weighted by molar-refractivity contribution is -0.132. The van der Waals surface area contributed by atoms with Crippen molar-refractivity contribution in [2.75, 3.05) is 11.5 Å². The Kier molecular flexibility index (Phi) is 7.47. The molecule has 226 valence electrons. The molecular weight excluding hydrogens is 588 g/mol. The van der Waals surface area contributed by atoms with Crippen molar-refractivity contribution in [2.24, 2.45) is 0 Å². The van der Waals surface area contributed by atoms with Crippen molar-refractivity contribution in [2.45, 2.75) is 39.0 Å². The number of anilines is 1. The number of benzene rings is 4. The fourth-order valence-electron chi connectivity index (χ4n) is 5.81. The van der Waals surface area contributed by atoms with Crippen LogP contribution in [-0.2, 0) is 22.6 Å². The van der Waals surface area contributed by atoms with Crippen molar-refractivity contribution in [1.29, 1.82) is 0 Å². The molecule has 0 unspecified atom stereocenters. The molecule has 8 nitrogen and oxygen atoms in total. The number of ether oxygens (including phenoxy) is 3. The second kappa shape index (κ2) is 11.7. The zero-order valence-corrected chi connectivity index (χ0v) is 25.5. The number of ketones is 1. The van der Waals surface area contributed by atoms with Crippen molar-refractivity contribution >= 4 is 44.1 Å². The third-order valence-electron chi connectivity index (χ3n) is 7.92. The quantitative estimate of drug-likeness (QED) is 0.111. The molecule has 0 radical (unpaired) electrons. The highest BCUT2D eigenvalue weighted by molar-refractivity contribution is 7.22. The molecular formula is C36H30N2O6S. The minimum atomic E-state index is -0.913. The number of thiazole rings is 1. The topological polar surface area (TPSA) is 98.2 Å². The number of rotatable bonds is 8. The normalized spacial score (nSPS) is 18.7. The number of aromatic nitrogens is 1. The second-order valence-electron chi connectivity index (χ2n) is 11.0. The number of nitrogens with zero attached hydrogens (tertiary/aromatic N) is 2. The average molecular weight is 619 g/mol. The van der Waals surface area contributed by atoms with E-state index < -0.39 is 17.7 Å². The van der Waals surface area contributed by atoms with Crippen LogP contribution in [0.2, 0.25) is 0 Å². The molecule has 0 saturated carbocycles. The Morgan fingerprint density at radius 2 is 1.76 bits per heavy atom. The summed E-state index contributed by atoms with van der Waals surface area (Å²) in [6.45, 7) is 4.81. The van der Waals surface area contributed by atoms with Crippen LogP contribution in [0.15, 0.2) is 96.6 Å². The van der Waals surface area contributed by atoms with Gasteiger partial charge in [0.05, 0.1) is 28.4 Å². The van der Waals surface area contributed by atoms with Crippen LogP contribution in [0, 0.1) is 0 Å². The van der Waals surface area contributed by atoms with Gasteiger partial charge in [-0.2, -0.15) is 0 Å². The van der Waals surface area contributed by atoms with Gasteiger partial charge in [0.15, 0.2) is 5.13 Å². The van der Waals surface area contributed by atoms with E-state index in [4.69, 9.17) is 19.2 Å². The van der Waals surface area contributed by atoms with E-state index in [0.717, 1.165) is 21.6 Å². The highest BCUT2D eigenvalue weighted by Gasteiger charge is 2.48. The second-order valence-corrected chi connectivity index (χ2v) is 12.0. The summed E-state index contributed by atoms with van der Waals surface area (Å²) in [6.07, 6.45) is 0.710. The van der Waals surface area contributed by atoms with Gasteiger partial charge in [0.2, 0.25) is 0 Å². The van der Waals surface area contributed by atoms with Crippen LogP contribution in [0.1, 0.15) is 42.1 Å². The molecule has 1 aromatic heterocycles. The van der Waals surface area contributed by atoms with Crippen LogP contribution in [0.5, 0.6) is 17.2 Å². The van der Waals surface area contributed by atoms with E-state index in [0.29, 0.717) is 52.9 Å². The number of Topliss-reactive ketones (excluding diaryl/α,β-unsaturated/α-hetero) is 1. The lowest BCUT2D eigenvalue weighted by Crippen LogP contribution is -2.29. The van der Waals surface area contributed by atoms with E-state index in [1.54, 1.807) is 24.3 Å². The highest BCUT2D eigenvalue weighted by Crippen LogP contribution is 2.45. The Balaban J connectivity index is 1.30. The van der Waals surface area contributed by atoms with Gasteiger partial charge < -0.3 is 19.3 Å². The van der Waals surface area contributed by atoms with Crippen LogP contribution in [0.4, 0.5) is 5.13 Å². The number of carbonyl (C=O) groups excluding carboxylic acids is 2. The van der Waals surface area contributed by atoms with E-state index in [9.17, 15) is 14.7 Å². The molecule has 1 amide bonds. The maximum Gasteiger partial charge on any atom is 0.301 e. The largest absolute Gasteiger partial charge is 0.507 e. The third kappa shape index (κ3) is 5.40. The number of carbonyl (C=O) groups is 2. The van der Waals surface area contributed by atoms with Crippen LogP contribution in [0.25, 0.3) is 16.0 Å². The Bertz CT molecular complexity index is 1950. The molecule has 7 rings (SSSR count). The van der Waals surface area contributed by atoms with Gasteiger partial charge in [-0.15, -0.1) is 0 Å².